The molecule has 0 amide bonds. The van der Waals surface area contributed by atoms with Crippen LogP contribution in [0.1, 0.15) is 46.7 Å². The summed E-state index contributed by atoms with van der Waals surface area (Å²) in [7, 11) is 0. The number of rotatable bonds is 4. The maximum absolute atomic E-state index is 11.2. The lowest BCUT2D eigenvalue weighted by molar-refractivity contribution is -0.0595. The van der Waals surface area contributed by atoms with Gasteiger partial charge in [0.2, 0.25) is 0 Å². The van der Waals surface area contributed by atoms with Crippen molar-refractivity contribution >= 4 is 17.3 Å². The molecule has 2 N–H and O–H groups in total. The zero-order valence-electron chi connectivity index (χ0n) is 13.3. The number of nitrogens with zero attached hydrogens (tertiary/aromatic N) is 2. The van der Waals surface area contributed by atoms with E-state index in [1.54, 1.807) is 5.38 Å². The number of hydrogen-bond acceptors (Lipinski definition) is 5. The zero-order valence-corrected chi connectivity index (χ0v) is 14.1. The third-order valence-electron chi connectivity index (χ3n) is 5.32. The molecule has 2 aromatic rings. The van der Waals surface area contributed by atoms with Gasteiger partial charge in [0.05, 0.1) is 12.1 Å². The third kappa shape index (κ3) is 2.75. The molecule has 0 radical (unpaired) electrons. The first kappa shape index (κ1) is 15.7. The number of aliphatic hydroxyl groups is 1. The molecular weight excluding hydrogens is 324 g/mol. The number of fused-ring (bicyclic) bond motifs is 2. The van der Waals surface area contributed by atoms with Gasteiger partial charge in [0.25, 0.3) is 0 Å². The Kier molecular flexibility index (Phi) is 3.90. The fourth-order valence-corrected chi connectivity index (χ4v) is 4.97. The second-order valence-electron chi connectivity index (χ2n) is 6.79. The molecule has 126 valence electrons. The lowest BCUT2D eigenvalue weighted by atomic mass is 9.80. The van der Waals surface area contributed by atoms with Crippen LogP contribution in [0.25, 0.3) is 0 Å². The van der Waals surface area contributed by atoms with Crippen molar-refractivity contribution in [3.63, 3.8) is 0 Å². The number of carbonyl (C=O) groups is 1. The highest BCUT2D eigenvalue weighted by atomic mass is 32.1. The van der Waals surface area contributed by atoms with Crippen molar-refractivity contribution in [3.05, 3.63) is 52.0 Å². The van der Waals surface area contributed by atoms with E-state index < -0.39 is 11.6 Å². The molecule has 24 heavy (non-hydrogen) atoms. The molecule has 1 aromatic heterocycles. The van der Waals surface area contributed by atoms with E-state index in [0.29, 0.717) is 18.6 Å². The molecule has 6 heteroatoms. The Labute approximate surface area is 144 Å². The fourth-order valence-electron chi connectivity index (χ4n) is 4.20. The Morgan fingerprint density at radius 1 is 1.25 bits per heavy atom. The Morgan fingerprint density at radius 3 is 2.50 bits per heavy atom. The van der Waals surface area contributed by atoms with Gasteiger partial charge in [0.15, 0.2) is 5.69 Å². The lowest BCUT2D eigenvalue weighted by Gasteiger charge is -2.43. The van der Waals surface area contributed by atoms with E-state index in [9.17, 15) is 9.90 Å². The number of aromatic nitrogens is 1. The second-order valence-corrected chi connectivity index (χ2v) is 7.74. The van der Waals surface area contributed by atoms with Crippen molar-refractivity contribution in [3.8, 4) is 0 Å². The van der Waals surface area contributed by atoms with Gasteiger partial charge in [-0.25, -0.2) is 9.78 Å². The molecule has 5 nitrogen and oxygen atoms in total. The monoisotopic (exact) mass is 344 g/mol. The third-order valence-corrected chi connectivity index (χ3v) is 6.15. The molecule has 0 spiro atoms. The maximum atomic E-state index is 11.2. The standard InChI is InChI=1S/C18H20N2O3S/c21-17(22)15-11-24-16(19-15)10-20-13-6-7-14(20)9-18(23,8-13)12-4-2-1-3-5-12/h1-5,11,13-14,23H,6-10H2,(H,21,22). The Hall–Kier alpha value is -1.76. The zero-order chi connectivity index (χ0) is 16.7. The van der Waals surface area contributed by atoms with Gasteiger partial charge in [0.1, 0.15) is 5.01 Å². The first-order valence-corrected chi connectivity index (χ1v) is 9.14. The summed E-state index contributed by atoms with van der Waals surface area (Å²) in [6, 6.07) is 10.6. The van der Waals surface area contributed by atoms with Crippen molar-refractivity contribution in [2.75, 3.05) is 0 Å². The van der Waals surface area contributed by atoms with Gasteiger partial charge in [-0.05, 0) is 31.2 Å². The molecule has 4 rings (SSSR count). The van der Waals surface area contributed by atoms with Gasteiger partial charge < -0.3 is 10.2 Å². The van der Waals surface area contributed by atoms with E-state index in [1.165, 1.54) is 11.3 Å². The van der Waals surface area contributed by atoms with Crippen molar-refractivity contribution in [2.24, 2.45) is 0 Å². The largest absolute Gasteiger partial charge is 0.476 e. The number of hydrogen-bond donors (Lipinski definition) is 2. The van der Waals surface area contributed by atoms with Crippen LogP contribution < -0.4 is 0 Å². The van der Waals surface area contributed by atoms with E-state index in [1.807, 2.05) is 30.3 Å². The molecule has 2 saturated heterocycles. The van der Waals surface area contributed by atoms with Gasteiger partial charge in [-0.1, -0.05) is 30.3 Å². The van der Waals surface area contributed by atoms with Gasteiger partial charge in [-0.3, -0.25) is 4.90 Å². The molecule has 2 aliphatic rings. The molecule has 1 aromatic carbocycles. The average Bonchev–Trinajstić information content (AvgIpc) is 3.13. The summed E-state index contributed by atoms with van der Waals surface area (Å²) >= 11 is 1.40. The summed E-state index contributed by atoms with van der Waals surface area (Å²) < 4.78 is 0. The van der Waals surface area contributed by atoms with E-state index in [0.717, 1.165) is 36.3 Å². The molecule has 2 bridgehead atoms. The number of thiazole rings is 1. The maximum Gasteiger partial charge on any atom is 0.355 e. The van der Waals surface area contributed by atoms with Crippen molar-refractivity contribution in [1.29, 1.82) is 0 Å². The predicted octanol–water partition coefficient (Wildman–Crippen LogP) is 2.86. The van der Waals surface area contributed by atoms with Crippen LogP contribution in [0.4, 0.5) is 0 Å². The van der Waals surface area contributed by atoms with Gasteiger partial charge in [-0.15, -0.1) is 11.3 Å². The SMILES string of the molecule is O=C(O)c1csc(CN2C3CCC2CC(O)(c2ccccc2)C3)n1. The Balaban J connectivity index is 1.51. The van der Waals surface area contributed by atoms with E-state index >= 15 is 0 Å². The predicted molar refractivity (Wildman–Crippen MR) is 91.0 cm³/mol. The summed E-state index contributed by atoms with van der Waals surface area (Å²) in [5.74, 6) is -0.974. The van der Waals surface area contributed by atoms with Gasteiger partial charge in [0, 0.05) is 17.5 Å². The van der Waals surface area contributed by atoms with Gasteiger partial charge >= 0.3 is 5.97 Å². The van der Waals surface area contributed by atoms with Crippen molar-refractivity contribution in [2.45, 2.75) is 49.9 Å². The summed E-state index contributed by atoms with van der Waals surface area (Å²) in [5.41, 5.74) is 0.378. The number of aromatic carboxylic acids is 1. The van der Waals surface area contributed by atoms with Crippen LogP contribution in [0.3, 0.4) is 0 Å². The summed E-state index contributed by atoms with van der Waals surface area (Å²) in [4.78, 5) is 17.6. The number of carboxylic acid groups (broad SMARTS) is 1. The average molecular weight is 344 g/mol. The minimum atomic E-state index is -0.974. The number of piperidine rings is 1. The smallest absolute Gasteiger partial charge is 0.355 e. The molecule has 2 aliphatic heterocycles. The topological polar surface area (TPSA) is 73.7 Å². The molecule has 0 saturated carbocycles. The van der Waals surface area contributed by atoms with Crippen LogP contribution in [-0.2, 0) is 12.1 Å². The summed E-state index contributed by atoms with van der Waals surface area (Å²) in [5, 5.41) is 22.6. The minimum Gasteiger partial charge on any atom is -0.476 e. The van der Waals surface area contributed by atoms with Crippen molar-refractivity contribution < 1.29 is 15.0 Å². The quantitative estimate of drug-likeness (QED) is 0.892. The molecule has 0 aliphatic carbocycles. The summed E-state index contributed by atoms with van der Waals surface area (Å²) in [6.45, 7) is 0.679. The van der Waals surface area contributed by atoms with Crippen molar-refractivity contribution in [1.82, 2.24) is 9.88 Å². The second kappa shape index (κ2) is 5.95. The highest BCUT2D eigenvalue weighted by Crippen LogP contribution is 2.46. The van der Waals surface area contributed by atoms with Crippen LogP contribution in [0.5, 0.6) is 0 Å². The number of benzene rings is 1. The molecular formula is C18H20N2O3S. The normalized spacial score (nSPS) is 29.7. The molecule has 3 heterocycles. The lowest BCUT2D eigenvalue weighted by Crippen LogP contribution is -2.49. The molecule has 2 fully saturated rings. The first-order valence-electron chi connectivity index (χ1n) is 8.26. The van der Waals surface area contributed by atoms with Gasteiger partial charge in [-0.2, -0.15) is 0 Å². The van der Waals surface area contributed by atoms with E-state index in [2.05, 4.69) is 9.88 Å². The van der Waals surface area contributed by atoms with Crippen LogP contribution in [-0.4, -0.2) is 38.1 Å². The highest BCUT2D eigenvalue weighted by molar-refractivity contribution is 7.09. The molecule has 2 atom stereocenters. The fraction of sp³-hybridized carbons (Fsp3) is 0.444. The highest BCUT2D eigenvalue weighted by Gasteiger charge is 2.48. The number of carboxylic acids is 1. The van der Waals surface area contributed by atoms with E-state index in [-0.39, 0.29) is 5.69 Å². The van der Waals surface area contributed by atoms with Crippen LogP contribution in [0.15, 0.2) is 35.7 Å². The van der Waals surface area contributed by atoms with Crippen LogP contribution in [0.2, 0.25) is 0 Å². The minimum absolute atomic E-state index is 0.125. The molecule has 2 unspecified atom stereocenters. The first-order chi connectivity index (χ1) is 11.5. The Morgan fingerprint density at radius 2 is 1.92 bits per heavy atom. The van der Waals surface area contributed by atoms with Crippen LogP contribution in [0, 0.1) is 0 Å². The Bertz CT molecular complexity index is 732. The summed E-state index contributed by atoms with van der Waals surface area (Å²) in [6.07, 6.45) is 3.61. The van der Waals surface area contributed by atoms with E-state index in [4.69, 9.17) is 5.11 Å². The van der Waals surface area contributed by atoms with Crippen LogP contribution >= 0.6 is 11.3 Å².